The normalized spacial score (nSPS) is 10.8. The zero-order chi connectivity index (χ0) is 26.3. The number of aryl methyl sites for hydroxylation is 3. The molecule has 2 heteroatoms. The Hall–Kier alpha value is -4.04. The number of anilines is 1. The molecule has 0 radical (unpaired) electrons. The fraction of sp³-hybridized carbons (Fsp3) is 0.143. The van der Waals surface area contributed by atoms with E-state index in [0.29, 0.717) is 0 Å². The quantitative estimate of drug-likeness (QED) is 0.289. The molecule has 1 nitrogen and oxygen atoms in total. The molecule has 0 amide bonds. The number of rotatable bonds is 5. The van der Waals surface area contributed by atoms with Gasteiger partial charge in [-0.3, -0.25) is 0 Å². The molecule has 186 valence electrons. The lowest BCUT2D eigenvalue weighted by Gasteiger charge is -2.44. The van der Waals surface area contributed by atoms with E-state index >= 15 is 0 Å². The van der Waals surface area contributed by atoms with Crippen molar-refractivity contribution in [2.75, 3.05) is 19.0 Å². The molecule has 0 saturated heterocycles. The minimum absolute atomic E-state index is 1.22. The van der Waals surface area contributed by atoms with E-state index < -0.39 is 6.15 Å². The topological polar surface area (TPSA) is 3.24 Å². The van der Waals surface area contributed by atoms with Crippen molar-refractivity contribution in [1.29, 1.82) is 0 Å². The van der Waals surface area contributed by atoms with Gasteiger partial charge < -0.3 is 4.90 Å². The van der Waals surface area contributed by atoms with Crippen LogP contribution in [0.15, 0.2) is 133 Å². The Morgan fingerprint density at radius 2 is 0.703 bits per heavy atom. The van der Waals surface area contributed by atoms with E-state index in [2.05, 4.69) is 173 Å². The molecule has 0 saturated carbocycles. The second-order valence-corrected chi connectivity index (χ2v) is 10.2. The van der Waals surface area contributed by atoms with Crippen LogP contribution >= 0.6 is 0 Å². The molecule has 0 N–H and O–H groups in total. The second-order valence-electron chi connectivity index (χ2n) is 10.2. The van der Waals surface area contributed by atoms with Crippen LogP contribution in [-0.4, -0.2) is 20.2 Å². The van der Waals surface area contributed by atoms with Gasteiger partial charge in [-0.15, -0.1) is 0 Å². The predicted molar refractivity (Wildman–Crippen MR) is 165 cm³/mol. The second kappa shape index (κ2) is 11.8. The molecule has 0 bridgehead atoms. The zero-order valence-corrected chi connectivity index (χ0v) is 22.7. The highest BCUT2D eigenvalue weighted by Crippen LogP contribution is 2.23. The first-order valence-electron chi connectivity index (χ1n) is 13.1. The van der Waals surface area contributed by atoms with Crippen LogP contribution in [0.3, 0.4) is 0 Å². The number of benzene rings is 5. The van der Waals surface area contributed by atoms with Crippen molar-refractivity contribution in [3.05, 3.63) is 150 Å². The van der Waals surface area contributed by atoms with Crippen molar-refractivity contribution >= 4 is 33.7 Å². The van der Waals surface area contributed by atoms with E-state index in [1.807, 2.05) is 0 Å². The molecule has 0 heterocycles. The van der Waals surface area contributed by atoms with Gasteiger partial charge in [-0.25, -0.2) is 0 Å². The Balaban J connectivity index is 0.000000225. The van der Waals surface area contributed by atoms with E-state index in [-0.39, 0.29) is 0 Å². The van der Waals surface area contributed by atoms with Gasteiger partial charge in [-0.2, -0.15) is 21.9 Å². The molecular weight excluding hydrogens is 445 g/mol. The first kappa shape index (κ1) is 26.0. The van der Waals surface area contributed by atoms with E-state index in [4.69, 9.17) is 0 Å². The molecule has 0 atom stereocenters. The van der Waals surface area contributed by atoms with Crippen LogP contribution < -0.4 is 26.8 Å². The fourth-order valence-electron chi connectivity index (χ4n) is 6.00. The van der Waals surface area contributed by atoms with Gasteiger partial charge in [0.15, 0.2) is 0 Å². The summed E-state index contributed by atoms with van der Waals surface area (Å²) in [6.07, 6.45) is -1.22. The summed E-state index contributed by atoms with van der Waals surface area (Å²) in [5.74, 6) is 0. The number of hydrogen-bond acceptors (Lipinski definition) is 1. The molecule has 0 aliphatic heterocycles. The van der Waals surface area contributed by atoms with Gasteiger partial charge in [-0.1, -0.05) is 139 Å². The van der Waals surface area contributed by atoms with E-state index in [9.17, 15) is 0 Å². The lowest BCUT2D eigenvalue weighted by atomic mass is 9.13. The Kier molecular flexibility index (Phi) is 8.30. The number of nitrogens with zero attached hydrogens (tertiary/aromatic N) is 1. The Bertz CT molecular complexity index is 1210. The highest BCUT2D eigenvalue weighted by Gasteiger charge is 2.31. The Labute approximate surface area is 223 Å². The summed E-state index contributed by atoms with van der Waals surface area (Å²) in [6.45, 7) is 6.46. The van der Waals surface area contributed by atoms with Gasteiger partial charge >= 0.3 is 0 Å². The predicted octanol–water partition coefficient (Wildman–Crippen LogP) is 5.74. The van der Waals surface area contributed by atoms with Crippen molar-refractivity contribution in [3.63, 3.8) is 0 Å². The third-order valence-electron chi connectivity index (χ3n) is 7.28. The highest BCUT2D eigenvalue weighted by molar-refractivity contribution is 7.19. The van der Waals surface area contributed by atoms with Gasteiger partial charge in [0, 0.05) is 19.8 Å². The van der Waals surface area contributed by atoms with Crippen molar-refractivity contribution in [2.45, 2.75) is 20.8 Å². The van der Waals surface area contributed by atoms with Crippen LogP contribution in [0, 0.1) is 20.8 Å². The molecule has 0 spiro atoms. The van der Waals surface area contributed by atoms with Crippen LogP contribution in [0.2, 0.25) is 0 Å². The molecule has 0 unspecified atom stereocenters. The van der Waals surface area contributed by atoms with E-state index in [0.717, 1.165) is 0 Å². The summed E-state index contributed by atoms with van der Waals surface area (Å²) in [4.78, 5) is 2.17. The summed E-state index contributed by atoms with van der Waals surface area (Å²) in [5.41, 5.74) is 10.8. The van der Waals surface area contributed by atoms with Gasteiger partial charge in [-0.05, 0) is 31.9 Å². The maximum atomic E-state index is 2.26. The summed E-state index contributed by atoms with van der Waals surface area (Å²) < 4.78 is 0. The average molecular weight is 483 g/mol. The minimum Gasteiger partial charge on any atom is -0.377 e. The molecule has 0 aliphatic rings. The van der Waals surface area contributed by atoms with Crippen LogP contribution in [0.25, 0.3) is 0 Å². The van der Waals surface area contributed by atoms with Crippen molar-refractivity contribution in [2.24, 2.45) is 0 Å². The lowest BCUT2D eigenvalue weighted by molar-refractivity contribution is 1.09. The third-order valence-corrected chi connectivity index (χ3v) is 7.28. The molecular formula is C35H37BN-. The largest absolute Gasteiger partial charge is 0.377 e. The average Bonchev–Trinajstić information content (AvgIpc) is 2.91. The minimum atomic E-state index is -1.22. The van der Waals surface area contributed by atoms with Crippen molar-refractivity contribution in [1.82, 2.24) is 0 Å². The summed E-state index contributed by atoms with van der Waals surface area (Å²) in [6, 6.07) is 48.0. The molecule has 0 aliphatic carbocycles. The summed E-state index contributed by atoms with van der Waals surface area (Å²) in [7, 11) is 4.18. The van der Waals surface area contributed by atoms with Crippen LogP contribution in [0.1, 0.15) is 16.7 Å². The standard InChI is InChI=1S/C24H20B.C11H17N/c1-5-13-21(14-6-1)25(22-15-7-2-8-16-22,23-17-9-3-10-18-23)24-19-11-4-12-20-24;1-8-6-9(2)11(12(4)5)10(3)7-8/h1-20H;6-7H,1-5H3/q-1;. The lowest BCUT2D eigenvalue weighted by Crippen LogP contribution is -2.74. The van der Waals surface area contributed by atoms with Gasteiger partial charge in [0.2, 0.25) is 0 Å². The Morgan fingerprint density at radius 1 is 0.432 bits per heavy atom. The van der Waals surface area contributed by atoms with Crippen LogP contribution in [0.5, 0.6) is 0 Å². The highest BCUT2D eigenvalue weighted by atomic mass is 15.1. The van der Waals surface area contributed by atoms with Gasteiger partial charge in [0.1, 0.15) is 6.15 Å². The summed E-state index contributed by atoms with van der Waals surface area (Å²) in [5, 5.41) is 0. The smallest absolute Gasteiger partial charge is 0.108 e. The summed E-state index contributed by atoms with van der Waals surface area (Å²) >= 11 is 0. The Morgan fingerprint density at radius 3 is 0.946 bits per heavy atom. The fourth-order valence-corrected chi connectivity index (χ4v) is 6.00. The number of hydrogen-bond donors (Lipinski definition) is 0. The molecule has 5 aromatic rings. The monoisotopic (exact) mass is 482 g/mol. The third kappa shape index (κ3) is 5.54. The SMILES string of the molecule is Cc1cc(C)c(N(C)C)c(C)c1.c1ccc([B-](c2ccccc2)(c2ccccc2)c2ccccc2)cc1. The maximum absolute atomic E-state index is 2.26. The van der Waals surface area contributed by atoms with E-state index in [1.165, 1.54) is 44.2 Å². The zero-order valence-electron chi connectivity index (χ0n) is 22.7. The first-order valence-corrected chi connectivity index (χ1v) is 13.1. The van der Waals surface area contributed by atoms with Crippen molar-refractivity contribution < 1.29 is 0 Å². The molecule has 37 heavy (non-hydrogen) atoms. The van der Waals surface area contributed by atoms with Gasteiger partial charge in [0.25, 0.3) is 0 Å². The van der Waals surface area contributed by atoms with Crippen LogP contribution in [0.4, 0.5) is 5.69 Å². The molecule has 5 aromatic carbocycles. The molecule has 0 aromatic heterocycles. The molecule has 0 fully saturated rings. The van der Waals surface area contributed by atoms with Crippen molar-refractivity contribution in [3.8, 4) is 0 Å². The first-order chi connectivity index (χ1) is 17.9. The maximum Gasteiger partial charge on any atom is 0.108 e. The molecule has 5 rings (SSSR count). The van der Waals surface area contributed by atoms with E-state index in [1.54, 1.807) is 0 Å². The van der Waals surface area contributed by atoms with Gasteiger partial charge in [0.05, 0.1) is 0 Å². The van der Waals surface area contributed by atoms with Crippen LogP contribution in [-0.2, 0) is 0 Å².